The highest BCUT2D eigenvalue weighted by molar-refractivity contribution is 7.10. The molecule has 20 heavy (non-hydrogen) atoms. The molecule has 0 radical (unpaired) electrons. The molecule has 0 amide bonds. The first-order valence-corrected chi connectivity index (χ1v) is 8.69. The summed E-state index contributed by atoms with van der Waals surface area (Å²) in [7, 11) is 0. The summed E-state index contributed by atoms with van der Waals surface area (Å²) in [5.74, 6) is 6.02. The molecule has 1 fully saturated rings. The van der Waals surface area contributed by atoms with Crippen LogP contribution in [0.2, 0.25) is 0 Å². The first kappa shape index (κ1) is 13.8. The fraction of sp³-hybridized carbons (Fsp3) is 0.375. The van der Waals surface area contributed by atoms with Gasteiger partial charge in [-0.25, -0.2) is 0 Å². The van der Waals surface area contributed by atoms with E-state index in [2.05, 4.69) is 45.0 Å². The molecule has 0 spiro atoms. The molecule has 1 aliphatic rings. The van der Waals surface area contributed by atoms with E-state index in [4.69, 9.17) is 5.73 Å². The Bertz CT molecular complexity index is 600. The Kier molecular flexibility index (Phi) is 4.54. The van der Waals surface area contributed by atoms with Crippen LogP contribution < -0.4 is 5.73 Å². The van der Waals surface area contributed by atoms with Crippen LogP contribution in [0.1, 0.15) is 28.8 Å². The van der Waals surface area contributed by atoms with E-state index >= 15 is 0 Å². The van der Waals surface area contributed by atoms with Gasteiger partial charge >= 0.3 is 0 Å². The predicted molar refractivity (Wildman–Crippen MR) is 86.8 cm³/mol. The Hall–Kier alpha value is -1.12. The molecule has 0 saturated heterocycles. The molecule has 2 aromatic rings. The molecular weight excluding hydrogens is 284 g/mol. The monoisotopic (exact) mass is 302 g/mol. The molecule has 2 aromatic heterocycles. The van der Waals surface area contributed by atoms with Crippen LogP contribution in [0.15, 0.2) is 28.3 Å². The molecule has 0 atom stereocenters. The van der Waals surface area contributed by atoms with Crippen LogP contribution in [0, 0.1) is 11.8 Å². The molecule has 104 valence electrons. The van der Waals surface area contributed by atoms with E-state index in [-0.39, 0.29) is 0 Å². The maximum absolute atomic E-state index is 5.41. The minimum Gasteiger partial charge on any atom is -0.320 e. The third kappa shape index (κ3) is 3.71. The largest absolute Gasteiger partial charge is 0.320 e. The van der Waals surface area contributed by atoms with Crippen molar-refractivity contribution in [1.82, 2.24) is 4.90 Å². The van der Waals surface area contributed by atoms with Crippen LogP contribution in [0.5, 0.6) is 0 Å². The summed E-state index contributed by atoms with van der Waals surface area (Å²) in [6, 6.07) is 5.21. The Morgan fingerprint density at radius 2 is 2.20 bits per heavy atom. The van der Waals surface area contributed by atoms with Crippen LogP contribution in [0.4, 0.5) is 0 Å². The lowest BCUT2D eigenvalue weighted by atomic mass is 10.2. The smallest absolute Gasteiger partial charge is 0.0555 e. The average Bonchev–Trinajstić information content (AvgIpc) is 3.00. The Morgan fingerprint density at radius 3 is 2.90 bits per heavy atom. The molecule has 0 aromatic carbocycles. The van der Waals surface area contributed by atoms with Gasteiger partial charge in [0.1, 0.15) is 0 Å². The molecule has 2 N–H and O–H groups in total. The topological polar surface area (TPSA) is 29.3 Å². The van der Waals surface area contributed by atoms with Crippen LogP contribution in [-0.4, -0.2) is 17.5 Å². The molecule has 2 heterocycles. The van der Waals surface area contributed by atoms with Crippen LogP contribution >= 0.6 is 22.7 Å². The van der Waals surface area contributed by atoms with Gasteiger partial charge in [0.25, 0.3) is 0 Å². The summed E-state index contributed by atoms with van der Waals surface area (Å²) in [5.41, 5.74) is 7.94. The number of nitrogens with zero attached hydrogens (tertiary/aromatic N) is 1. The number of hydrogen-bond acceptors (Lipinski definition) is 4. The van der Waals surface area contributed by atoms with Gasteiger partial charge in [-0.2, -0.15) is 11.3 Å². The zero-order valence-electron chi connectivity index (χ0n) is 11.3. The molecule has 0 unspecified atom stereocenters. The van der Waals surface area contributed by atoms with Gasteiger partial charge in [-0.3, -0.25) is 4.90 Å². The van der Waals surface area contributed by atoms with E-state index in [0.29, 0.717) is 6.54 Å². The van der Waals surface area contributed by atoms with Crippen LogP contribution in [0.3, 0.4) is 0 Å². The van der Waals surface area contributed by atoms with Crippen molar-refractivity contribution < 1.29 is 0 Å². The van der Waals surface area contributed by atoms with Gasteiger partial charge in [0.05, 0.1) is 6.54 Å². The van der Waals surface area contributed by atoms with E-state index in [1.165, 1.54) is 23.3 Å². The molecule has 0 bridgehead atoms. The number of nitrogens with two attached hydrogens (primary N) is 1. The van der Waals surface area contributed by atoms with Gasteiger partial charge in [-0.1, -0.05) is 11.8 Å². The summed E-state index contributed by atoms with van der Waals surface area (Å²) in [6.45, 7) is 2.53. The van der Waals surface area contributed by atoms with Crippen molar-refractivity contribution in [3.8, 4) is 11.8 Å². The number of hydrogen-bond donors (Lipinski definition) is 1. The second kappa shape index (κ2) is 6.55. The summed E-state index contributed by atoms with van der Waals surface area (Å²) in [4.78, 5) is 3.99. The normalized spacial score (nSPS) is 14.3. The van der Waals surface area contributed by atoms with E-state index < -0.39 is 0 Å². The second-order valence-corrected chi connectivity index (χ2v) is 6.85. The molecule has 2 nitrogen and oxygen atoms in total. The number of thiophene rings is 2. The maximum atomic E-state index is 5.41. The zero-order valence-corrected chi connectivity index (χ0v) is 13.0. The van der Waals surface area contributed by atoms with E-state index in [9.17, 15) is 0 Å². The van der Waals surface area contributed by atoms with Crippen molar-refractivity contribution in [2.45, 2.75) is 32.0 Å². The van der Waals surface area contributed by atoms with Gasteiger partial charge in [0.2, 0.25) is 0 Å². The first-order valence-electron chi connectivity index (χ1n) is 6.86. The quantitative estimate of drug-likeness (QED) is 0.859. The molecule has 0 aliphatic heterocycles. The lowest BCUT2D eigenvalue weighted by molar-refractivity contribution is 0.248. The fourth-order valence-electron chi connectivity index (χ4n) is 2.25. The van der Waals surface area contributed by atoms with Crippen molar-refractivity contribution in [2.75, 3.05) is 6.54 Å². The van der Waals surface area contributed by atoms with Gasteiger partial charge in [-0.05, 0) is 41.3 Å². The first-order chi connectivity index (χ1) is 9.85. The molecule has 1 aliphatic carbocycles. The minimum absolute atomic E-state index is 0.428. The Balaban J connectivity index is 1.65. The molecule has 1 saturated carbocycles. The fourth-order valence-corrected chi connectivity index (χ4v) is 3.75. The highest BCUT2D eigenvalue weighted by Gasteiger charge is 2.29. The second-order valence-electron chi connectivity index (χ2n) is 5.08. The van der Waals surface area contributed by atoms with Crippen molar-refractivity contribution >= 4 is 22.7 Å². The lowest BCUT2D eigenvalue weighted by Crippen LogP contribution is -2.24. The molecular formula is C16H18N2S2. The molecule has 3 rings (SSSR count). The summed E-state index contributed by atoms with van der Waals surface area (Å²) >= 11 is 3.58. The SMILES string of the molecule is NCC#Cc1csc(CN(Cc2ccsc2)C2CC2)c1. The predicted octanol–water partition coefficient (Wildman–Crippen LogP) is 3.28. The van der Waals surface area contributed by atoms with E-state index in [0.717, 1.165) is 24.7 Å². The van der Waals surface area contributed by atoms with Gasteiger partial charge < -0.3 is 5.73 Å². The minimum atomic E-state index is 0.428. The third-order valence-electron chi connectivity index (χ3n) is 3.38. The standard InChI is InChI=1S/C16H18N2S2/c17-6-1-2-13-8-16(20-12-13)10-18(15-3-4-15)9-14-5-7-19-11-14/h5,7-8,11-12,15H,3-4,6,9-10,17H2. The summed E-state index contributed by atoms with van der Waals surface area (Å²) in [6.07, 6.45) is 2.69. The highest BCUT2D eigenvalue weighted by Crippen LogP contribution is 2.31. The summed E-state index contributed by atoms with van der Waals surface area (Å²) < 4.78 is 0. The average molecular weight is 302 g/mol. The van der Waals surface area contributed by atoms with Crippen molar-refractivity contribution in [2.24, 2.45) is 5.73 Å². The zero-order chi connectivity index (χ0) is 13.8. The van der Waals surface area contributed by atoms with E-state index in [1.807, 2.05) is 0 Å². The molecule has 4 heteroatoms. The lowest BCUT2D eigenvalue weighted by Gasteiger charge is -2.20. The Labute approximate surface area is 128 Å². The maximum Gasteiger partial charge on any atom is 0.0555 e. The van der Waals surface area contributed by atoms with Crippen molar-refractivity contribution in [3.05, 3.63) is 44.3 Å². The van der Waals surface area contributed by atoms with Crippen molar-refractivity contribution in [1.29, 1.82) is 0 Å². The summed E-state index contributed by atoms with van der Waals surface area (Å²) in [5, 5.41) is 6.54. The van der Waals surface area contributed by atoms with Crippen molar-refractivity contribution in [3.63, 3.8) is 0 Å². The van der Waals surface area contributed by atoms with Gasteiger partial charge in [0, 0.05) is 35.0 Å². The van der Waals surface area contributed by atoms with Crippen LogP contribution in [0.25, 0.3) is 0 Å². The van der Waals surface area contributed by atoms with Crippen LogP contribution in [-0.2, 0) is 13.1 Å². The van der Waals surface area contributed by atoms with E-state index in [1.54, 1.807) is 22.7 Å². The Morgan fingerprint density at radius 1 is 1.30 bits per heavy atom. The third-order valence-corrected chi connectivity index (χ3v) is 5.03. The van der Waals surface area contributed by atoms with Gasteiger partial charge in [0.15, 0.2) is 0 Å². The highest BCUT2D eigenvalue weighted by atomic mass is 32.1. The number of rotatable bonds is 5. The van der Waals surface area contributed by atoms with Gasteiger partial charge in [-0.15, -0.1) is 11.3 Å².